The SMILES string of the molecule is CC(=O)OC1=CC[C@H]2[C@@H]3CCc4cc(OC(C)=O)c(F)cc4[C@H]3CC[C@]12C. The van der Waals surface area contributed by atoms with E-state index in [2.05, 4.69) is 13.0 Å². The van der Waals surface area contributed by atoms with Gasteiger partial charge >= 0.3 is 11.9 Å². The van der Waals surface area contributed by atoms with E-state index in [1.807, 2.05) is 0 Å². The molecule has 1 saturated carbocycles. The largest absolute Gasteiger partial charge is 0.431 e. The summed E-state index contributed by atoms with van der Waals surface area (Å²) in [7, 11) is 0. The molecule has 1 fully saturated rings. The monoisotopic (exact) mass is 372 g/mol. The van der Waals surface area contributed by atoms with Crippen molar-refractivity contribution in [3.8, 4) is 5.75 Å². The molecule has 4 nitrogen and oxygen atoms in total. The van der Waals surface area contributed by atoms with Crippen LogP contribution in [0.25, 0.3) is 0 Å². The smallest absolute Gasteiger partial charge is 0.308 e. The highest BCUT2D eigenvalue weighted by atomic mass is 19.1. The molecule has 4 rings (SSSR count). The molecule has 1 aromatic rings. The third kappa shape index (κ3) is 2.97. The zero-order valence-corrected chi connectivity index (χ0v) is 16.0. The molecule has 144 valence electrons. The van der Waals surface area contributed by atoms with E-state index in [0.717, 1.165) is 49.0 Å². The second-order valence-electron chi connectivity index (χ2n) is 8.34. The normalized spacial score (nSPS) is 31.3. The molecule has 3 aliphatic carbocycles. The first kappa shape index (κ1) is 18.2. The molecular weight excluding hydrogens is 347 g/mol. The van der Waals surface area contributed by atoms with Crippen molar-refractivity contribution < 1.29 is 23.5 Å². The van der Waals surface area contributed by atoms with Gasteiger partial charge in [-0.15, -0.1) is 0 Å². The minimum absolute atomic E-state index is 0.0278. The van der Waals surface area contributed by atoms with Crippen molar-refractivity contribution in [2.45, 2.75) is 58.8 Å². The van der Waals surface area contributed by atoms with Crippen LogP contribution in [0.1, 0.15) is 63.5 Å². The van der Waals surface area contributed by atoms with Gasteiger partial charge < -0.3 is 9.47 Å². The Morgan fingerprint density at radius 1 is 1.15 bits per heavy atom. The molecule has 0 spiro atoms. The second-order valence-corrected chi connectivity index (χ2v) is 8.34. The van der Waals surface area contributed by atoms with E-state index >= 15 is 0 Å². The highest BCUT2D eigenvalue weighted by molar-refractivity contribution is 5.69. The maximum Gasteiger partial charge on any atom is 0.308 e. The van der Waals surface area contributed by atoms with E-state index in [4.69, 9.17) is 9.47 Å². The Balaban J connectivity index is 1.63. The van der Waals surface area contributed by atoms with Gasteiger partial charge in [-0.1, -0.05) is 6.92 Å². The van der Waals surface area contributed by atoms with Crippen molar-refractivity contribution in [1.29, 1.82) is 0 Å². The van der Waals surface area contributed by atoms with Gasteiger partial charge in [0.25, 0.3) is 0 Å². The summed E-state index contributed by atoms with van der Waals surface area (Å²) in [6, 6.07) is 3.27. The Morgan fingerprint density at radius 3 is 2.59 bits per heavy atom. The molecular formula is C22H25FO4. The van der Waals surface area contributed by atoms with Crippen LogP contribution >= 0.6 is 0 Å². The van der Waals surface area contributed by atoms with Gasteiger partial charge in [-0.2, -0.15) is 0 Å². The highest BCUT2D eigenvalue weighted by Gasteiger charge is 2.53. The first-order chi connectivity index (χ1) is 12.8. The molecule has 4 atom stereocenters. The number of allylic oxidation sites excluding steroid dienone is 2. The molecule has 0 saturated heterocycles. The fourth-order valence-electron chi connectivity index (χ4n) is 5.65. The molecule has 0 amide bonds. The molecule has 0 aromatic heterocycles. The summed E-state index contributed by atoms with van der Waals surface area (Å²) in [6.45, 7) is 4.93. The Kier molecular flexibility index (Phi) is 4.36. The van der Waals surface area contributed by atoms with Crippen LogP contribution in [0.5, 0.6) is 5.75 Å². The number of hydrogen-bond acceptors (Lipinski definition) is 4. The van der Waals surface area contributed by atoms with Crippen LogP contribution in [-0.2, 0) is 20.7 Å². The molecule has 0 aliphatic heterocycles. The maximum atomic E-state index is 14.5. The van der Waals surface area contributed by atoms with E-state index in [1.54, 1.807) is 12.1 Å². The Labute approximate surface area is 158 Å². The van der Waals surface area contributed by atoms with Gasteiger partial charge in [0.05, 0.1) is 0 Å². The molecule has 0 unspecified atom stereocenters. The summed E-state index contributed by atoms with van der Waals surface area (Å²) in [5.41, 5.74) is 2.03. The number of rotatable bonds is 2. The van der Waals surface area contributed by atoms with Crippen LogP contribution in [-0.4, -0.2) is 11.9 Å². The summed E-state index contributed by atoms with van der Waals surface area (Å²) >= 11 is 0. The van der Waals surface area contributed by atoms with E-state index in [-0.39, 0.29) is 17.1 Å². The second kappa shape index (κ2) is 6.47. The van der Waals surface area contributed by atoms with Gasteiger partial charge in [-0.25, -0.2) is 4.39 Å². The van der Waals surface area contributed by atoms with Crippen molar-refractivity contribution in [3.63, 3.8) is 0 Å². The number of halogens is 1. The molecule has 0 heterocycles. The zero-order chi connectivity index (χ0) is 19.3. The number of carbonyl (C=O) groups excluding carboxylic acids is 2. The van der Waals surface area contributed by atoms with Crippen LogP contribution in [0.4, 0.5) is 4.39 Å². The third-order valence-electron chi connectivity index (χ3n) is 6.79. The van der Waals surface area contributed by atoms with Gasteiger partial charge in [-0.3, -0.25) is 9.59 Å². The van der Waals surface area contributed by atoms with E-state index in [9.17, 15) is 14.0 Å². The van der Waals surface area contributed by atoms with Crippen molar-refractivity contribution in [2.24, 2.45) is 17.3 Å². The number of aryl methyl sites for hydroxylation is 1. The minimum Gasteiger partial charge on any atom is -0.431 e. The highest BCUT2D eigenvalue weighted by Crippen LogP contribution is 2.61. The minimum atomic E-state index is -0.508. The fourth-order valence-corrected chi connectivity index (χ4v) is 5.65. The Morgan fingerprint density at radius 2 is 1.89 bits per heavy atom. The number of esters is 2. The average Bonchev–Trinajstić information content (AvgIpc) is 2.91. The van der Waals surface area contributed by atoms with Gasteiger partial charge in [0.2, 0.25) is 0 Å². The van der Waals surface area contributed by atoms with E-state index < -0.39 is 11.8 Å². The number of fused-ring (bicyclic) bond motifs is 5. The van der Waals surface area contributed by atoms with Crippen molar-refractivity contribution in [3.05, 3.63) is 40.9 Å². The molecule has 3 aliphatic rings. The summed E-state index contributed by atoms with van der Waals surface area (Å²) < 4.78 is 25.0. The molecule has 5 heteroatoms. The molecule has 0 N–H and O–H groups in total. The van der Waals surface area contributed by atoms with Gasteiger partial charge in [0.15, 0.2) is 11.6 Å². The van der Waals surface area contributed by atoms with Gasteiger partial charge in [-0.05, 0) is 79.2 Å². The molecule has 0 bridgehead atoms. The molecule has 27 heavy (non-hydrogen) atoms. The lowest BCUT2D eigenvalue weighted by Gasteiger charge is -2.49. The standard InChI is InChI=1S/C22H25FO4/c1-12(24)26-20-10-14-4-5-16-15(17(14)11-19(20)23)8-9-22(3)18(16)6-7-21(22)27-13(2)25/h7,10-11,15-16,18H,4-6,8-9H2,1-3H3/t15-,16+,18-,22-/m0/s1. The predicted molar refractivity (Wildman–Crippen MR) is 97.6 cm³/mol. The first-order valence-corrected chi connectivity index (χ1v) is 9.69. The number of benzene rings is 1. The Bertz CT molecular complexity index is 843. The summed E-state index contributed by atoms with van der Waals surface area (Å²) in [6.07, 6.45) is 6.71. The average molecular weight is 372 g/mol. The molecule has 0 radical (unpaired) electrons. The van der Waals surface area contributed by atoms with Crippen molar-refractivity contribution >= 4 is 11.9 Å². The maximum absolute atomic E-state index is 14.5. The number of hydrogen-bond donors (Lipinski definition) is 0. The van der Waals surface area contributed by atoms with E-state index in [1.165, 1.54) is 13.8 Å². The number of ether oxygens (including phenoxy) is 2. The summed E-state index contributed by atoms with van der Waals surface area (Å²) in [5.74, 6) is 0.765. The van der Waals surface area contributed by atoms with Gasteiger partial charge in [0.1, 0.15) is 5.76 Å². The van der Waals surface area contributed by atoms with Crippen LogP contribution in [0, 0.1) is 23.1 Å². The van der Waals surface area contributed by atoms with Crippen LogP contribution in [0.15, 0.2) is 24.0 Å². The number of carbonyl (C=O) groups is 2. The van der Waals surface area contributed by atoms with Crippen LogP contribution in [0.3, 0.4) is 0 Å². The lowest BCUT2D eigenvalue weighted by atomic mass is 9.55. The zero-order valence-electron chi connectivity index (χ0n) is 16.0. The quantitative estimate of drug-likeness (QED) is 0.559. The molecule has 1 aromatic carbocycles. The summed E-state index contributed by atoms with van der Waals surface area (Å²) in [5, 5.41) is 0. The topological polar surface area (TPSA) is 52.6 Å². The van der Waals surface area contributed by atoms with Crippen LogP contribution in [0.2, 0.25) is 0 Å². The van der Waals surface area contributed by atoms with Crippen molar-refractivity contribution in [1.82, 2.24) is 0 Å². The first-order valence-electron chi connectivity index (χ1n) is 9.69. The lowest BCUT2D eigenvalue weighted by molar-refractivity contribution is -0.139. The van der Waals surface area contributed by atoms with Gasteiger partial charge in [0, 0.05) is 19.3 Å². The lowest BCUT2D eigenvalue weighted by Crippen LogP contribution is -2.41. The summed E-state index contributed by atoms with van der Waals surface area (Å²) in [4.78, 5) is 22.7. The fraction of sp³-hybridized carbons (Fsp3) is 0.545. The van der Waals surface area contributed by atoms with Crippen LogP contribution < -0.4 is 4.74 Å². The van der Waals surface area contributed by atoms with Crippen molar-refractivity contribution in [2.75, 3.05) is 0 Å². The predicted octanol–water partition coefficient (Wildman–Crippen LogP) is 4.66. The van der Waals surface area contributed by atoms with E-state index in [0.29, 0.717) is 17.8 Å². The Hall–Kier alpha value is -2.17. The third-order valence-corrected chi connectivity index (χ3v) is 6.79.